The van der Waals surface area contributed by atoms with Crippen LogP contribution in [0, 0.1) is 0 Å². The predicted octanol–water partition coefficient (Wildman–Crippen LogP) is 0.815. The van der Waals surface area contributed by atoms with Gasteiger partial charge in [-0.1, -0.05) is 50.5 Å². The van der Waals surface area contributed by atoms with Crippen LogP contribution in [-0.2, 0) is 10.5 Å². The van der Waals surface area contributed by atoms with Gasteiger partial charge in [0.2, 0.25) is 0 Å². The Labute approximate surface area is 98.7 Å². The Morgan fingerprint density at radius 2 is 2.00 bits per heavy atom. The van der Waals surface area contributed by atoms with Gasteiger partial charge < -0.3 is 4.12 Å². The van der Waals surface area contributed by atoms with Crippen LogP contribution in [0.2, 0.25) is 0 Å². The van der Waals surface area contributed by atoms with Crippen molar-refractivity contribution in [2.75, 3.05) is 0 Å². The molecule has 0 N–H and O–H groups in total. The molecule has 0 heterocycles. The average molecular weight is 238 g/mol. The summed E-state index contributed by atoms with van der Waals surface area (Å²) in [5, 5.41) is 1.52. The zero-order valence-corrected chi connectivity index (χ0v) is 13.4. The van der Waals surface area contributed by atoms with Crippen LogP contribution in [0.3, 0.4) is 0 Å². The Kier molecular flexibility index (Phi) is 6.63. The molecule has 84 valence electrons. The second kappa shape index (κ2) is 7.85. The van der Waals surface area contributed by atoms with E-state index < -0.39 is 9.76 Å². The van der Waals surface area contributed by atoms with Crippen molar-refractivity contribution >= 4 is 25.4 Å². The molecule has 0 aliphatic carbocycles. The van der Waals surface area contributed by atoms with E-state index in [2.05, 4.69) is 31.2 Å². The summed E-state index contributed by atoms with van der Waals surface area (Å²) >= 11 is 0. The van der Waals surface area contributed by atoms with E-state index in [4.69, 9.17) is 4.12 Å². The molecule has 0 radical (unpaired) electrons. The molecule has 15 heavy (non-hydrogen) atoms. The highest BCUT2D eigenvalue weighted by Gasteiger charge is 2.01. The molecule has 0 atom stereocenters. The highest BCUT2D eigenvalue weighted by Crippen LogP contribution is 2.05. The first-order chi connectivity index (χ1) is 7.38. The van der Waals surface area contributed by atoms with Gasteiger partial charge in [0, 0.05) is 0 Å². The minimum absolute atomic E-state index is 0.408. The molecule has 3 heteroatoms. The molecule has 0 fully saturated rings. The topological polar surface area (TPSA) is 9.23 Å². The number of hydrogen-bond acceptors (Lipinski definition) is 1. The SMILES string of the molecule is CCCCCCc1ccccc1[SiH2]O[SiH3]. The molecule has 0 aromatic heterocycles. The van der Waals surface area contributed by atoms with E-state index in [1.165, 1.54) is 42.9 Å². The maximum absolute atomic E-state index is 5.47. The van der Waals surface area contributed by atoms with Gasteiger partial charge in [-0.2, -0.15) is 0 Å². The predicted molar refractivity (Wildman–Crippen MR) is 73.5 cm³/mol. The minimum atomic E-state index is -0.408. The van der Waals surface area contributed by atoms with Gasteiger partial charge in [0.1, 0.15) is 10.5 Å². The van der Waals surface area contributed by atoms with Gasteiger partial charge in [-0.05, 0) is 23.6 Å². The van der Waals surface area contributed by atoms with E-state index >= 15 is 0 Å². The van der Waals surface area contributed by atoms with Crippen molar-refractivity contribution in [2.45, 2.75) is 39.0 Å². The summed E-state index contributed by atoms with van der Waals surface area (Å²) in [5.74, 6) is 0. The largest absolute Gasteiger partial charge is 0.465 e. The van der Waals surface area contributed by atoms with Gasteiger partial charge in [-0.3, -0.25) is 0 Å². The van der Waals surface area contributed by atoms with Crippen LogP contribution in [0.25, 0.3) is 0 Å². The highest BCUT2D eigenvalue weighted by molar-refractivity contribution is 6.51. The van der Waals surface area contributed by atoms with E-state index in [1.54, 1.807) is 0 Å². The van der Waals surface area contributed by atoms with Crippen LogP contribution in [0.1, 0.15) is 38.2 Å². The Balaban J connectivity index is 2.44. The van der Waals surface area contributed by atoms with Gasteiger partial charge >= 0.3 is 0 Å². The van der Waals surface area contributed by atoms with Crippen molar-refractivity contribution < 1.29 is 4.12 Å². The number of benzene rings is 1. The van der Waals surface area contributed by atoms with Gasteiger partial charge in [-0.25, -0.2) is 0 Å². The molecular weight excluding hydrogens is 216 g/mol. The van der Waals surface area contributed by atoms with Crippen molar-refractivity contribution in [3.63, 3.8) is 0 Å². The van der Waals surface area contributed by atoms with E-state index in [0.29, 0.717) is 0 Å². The summed E-state index contributed by atoms with van der Waals surface area (Å²) in [6.07, 6.45) is 6.64. The molecule has 0 saturated heterocycles. The zero-order valence-electron chi connectivity index (χ0n) is 9.96. The van der Waals surface area contributed by atoms with Gasteiger partial charge in [0.05, 0.1) is 0 Å². The zero-order chi connectivity index (χ0) is 10.9. The van der Waals surface area contributed by atoms with Crippen LogP contribution in [-0.4, -0.2) is 20.2 Å². The first-order valence-electron chi connectivity index (χ1n) is 5.94. The summed E-state index contributed by atoms with van der Waals surface area (Å²) in [6, 6.07) is 8.81. The Bertz CT molecular complexity index is 276. The van der Waals surface area contributed by atoms with Crippen molar-refractivity contribution in [3.8, 4) is 0 Å². The molecule has 0 spiro atoms. The lowest BCUT2D eigenvalue weighted by Gasteiger charge is -2.07. The smallest absolute Gasteiger partial charge is 0.178 e. The summed E-state index contributed by atoms with van der Waals surface area (Å²) in [6.45, 7) is 2.26. The Morgan fingerprint density at radius 3 is 2.73 bits per heavy atom. The van der Waals surface area contributed by atoms with Crippen molar-refractivity contribution in [2.24, 2.45) is 0 Å². The van der Waals surface area contributed by atoms with Crippen LogP contribution < -0.4 is 5.19 Å². The molecule has 0 bridgehead atoms. The first kappa shape index (κ1) is 12.7. The monoisotopic (exact) mass is 238 g/mol. The normalized spacial score (nSPS) is 11.5. The molecular formula is C12H22OSi2. The van der Waals surface area contributed by atoms with Gasteiger partial charge in [0.15, 0.2) is 9.76 Å². The number of rotatable bonds is 7. The molecule has 1 aromatic rings. The summed E-state index contributed by atoms with van der Waals surface area (Å²) in [5.41, 5.74) is 1.54. The van der Waals surface area contributed by atoms with Crippen molar-refractivity contribution in [1.29, 1.82) is 0 Å². The summed E-state index contributed by atoms with van der Waals surface area (Å²) in [4.78, 5) is 0. The van der Waals surface area contributed by atoms with Gasteiger partial charge in [0.25, 0.3) is 0 Å². The summed E-state index contributed by atoms with van der Waals surface area (Å²) in [7, 11) is 0.482. The number of hydrogen-bond donors (Lipinski definition) is 0. The molecule has 1 aromatic carbocycles. The number of unbranched alkanes of at least 4 members (excludes halogenated alkanes) is 3. The summed E-state index contributed by atoms with van der Waals surface area (Å²) < 4.78 is 5.47. The van der Waals surface area contributed by atoms with E-state index in [-0.39, 0.29) is 0 Å². The van der Waals surface area contributed by atoms with Crippen molar-refractivity contribution in [3.05, 3.63) is 29.8 Å². The quantitative estimate of drug-likeness (QED) is 0.505. The third-order valence-corrected chi connectivity index (χ3v) is 4.87. The average Bonchev–Trinajstić information content (AvgIpc) is 2.27. The maximum atomic E-state index is 5.47. The Morgan fingerprint density at radius 1 is 1.20 bits per heavy atom. The van der Waals surface area contributed by atoms with E-state index in [0.717, 1.165) is 10.5 Å². The van der Waals surface area contributed by atoms with Gasteiger partial charge in [-0.15, -0.1) is 0 Å². The van der Waals surface area contributed by atoms with Crippen LogP contribution >= 0.6 is 0 Å². The van der Waals surface area contributed by atoms with Crippen LogP contribution in [0.15, 0.2) is 24.3 Å². The second-order valence-corrected chi connectivity index (χ2v) is 7.37. The van der Waals surface area contributed by atoms with Crippen LogP contribution in [0.4, 0.5) is 0 Å². The second-order valence-electron chi connectivity index (χ2n) is 4.01. The maximum Gasteiger partial charge on any atom is 0.178 e. The molecule has 0 unspecified atom stereocenters. The lowest BCUT2D eigenvalue weighted by atomic mass is 10.1. The lowest BCUT2D eigenvalue weighted by Crippen LogP contribution is -2.21. The third kappa shape index (κ3) is 4.77. The fourth-order valence-corrected chi connectivity index (χ4v) is 3.80. The standard InChI is InChI=1S/C12H22OSi2/c1-2-3-4-5-8-11-9-6-7-10-12(11)15-13-14/h6-7,9-10H,2-5,8,15H2,1,14H3. The number of aryl methyl sites for hydroxylation is 1. The molecule has 0 amide bonds. The third-order valence-electron chi connectivity index (χ3n) is 2.72. The van der Waals surface area contributed by atoms with E-state index in [9.17, 15) is 0 Å². The molecule has 0 aliphatic heterocycles. The fraction of sp³-hybridized carbons (Fsp3) is 0.500. The molecule has 1 nitrogen and oxygen atoms in total. The Hall–Kier alpha value is -0.386. The molecule has 1 rings (SSSR count). The fourth-order valence-electron chi connectivity index (χ4n) is 1.84. The lowest BCUT2D eigenvalue weighted by molar-refractivity contribution is 0.663. The van der Waals surface area contributed by atoms with E-state index in [1.807, 2.05) is 0 Å². The minimum Gasteiger partial charge on any atom is -0.465 e. The van der Waals surface area contributed by atoms with Crippen LogP contribution in [0.5, 0.6) is 0 Å². The first-order valence-corrected chi connectivity index (χ1v) is 8.04. The highest BCUT2D eigenvalue weighted by atomic mass is 28.3. The van der Waals surface area contributed by atoms with Crippen molar-refractivity contribution in [1.82, 2.24) is 0 Å². The molecule has 0 saturated carbocycles. The molecule has 0 aliphatic rings.